The molecule has 0 aromatic heterocycles. The number of hydrogen-bond donors (Lipinski definition) is 2. The van der Waals surface area contributed by atoms with Crippen LogP contribution in [-0.4, -0.2) is 26.2 Å². The lowest BCUT2D eigenvalue weighted by Gasteiger charge is -2.15. The minimum atomic E-state index is -0.0462. The largest absolute Gasteiger partial charge is 0.493 e. The van der Waals surface area contributed by atoms with Crippen LogP contribution in [-0.2, 0) is 11.3 Å². The van der Waals surface area contributed by atoms with Gasteiger partial charge in [0.15, 0.2) is 11.5 Å². The van der Waals surface area contributed by atoms with E-state index < -0.39 is 0 Å². The lowest BCUT2D eigenvalue weighted by Crippen LogP contribution is -2.38. The zero-order valence-electron chi connectivity index (χ0n) is 12.0. The second kappa shape index (κ2) is 6.61. The lowest BCUT2D eigenvalue weighted by molar-refractivity contribution is -0.125. The molecule has 1 saturated carbocycles. The molecule has 0 radical (unpaired) electrons. The fraction of sp³-hybridized carbons (Fsp3) is 0.533. The summed E-state index contributed by atoms with van der Waals surface area (Å²) in [6.07, 6.45) is 2.86. The Balaban J connectivity index is 1.95. The molecule has 1 aromatic rings. The van der Waals surface area contributed by atoms with Crippen molar-refractivity contribution in [2.45, 2.75) is 31.8 Å². The number of amides is 1. The Hall–Kier alpha value is -1.75. The molecule has 110 valence electrons. The summed E-state index contributed by atoms with van der Waals surface area (Å²) in [7, 11) is 3.19. The molecule has 1 amide bonds. The predicted octanol–water partition coefficient (Wildman–Crippen LogP) is 1.45. The number of nitrogens with one attached hydrogen (secondary N) is 1. The van der Waals surface area contributed by atoms with Crippen LogP contribution in [0.4, 0.5) is 0 Å². The molecule has 1 aromatic carbocycles. The van der Waals surface area contributed by atoms with Gasteiger partial charge in [0.05, 0.1) is 20.1 Å². The van der Waals surface area contributed by atoms with Gasteiger partial charge in [-0.3, -0.25) is 4.79 Å². The number of hydrogen-bond acceptors (Lipinski definition) is 4. The lowest BCUT2D eigenvalue weighted by atomic mass is 10.0. The number of carbonyl (C=O) groups excluding carboxylic acids is 1. The van der Waals surface area contributed by atoms with Crippen LogP contribution in [0.3, 0.4) is 0 Å². The van der Waals surface area contributed by atoms with Gasteiger partial charge in [-0.1, -0.05) is 12.5 Å². The quantitative estimate of drug-likeness (QED) is 0.855. The molecular weight excluding hydrogens is 256 g/mol. The maximum Gasteiger partial charge on any atom is 0.224 e. The van der Waals surface area contributed by atoms with Crippen LogP contribution in [0.5, 0.6) is 11.5 Å². The van der Waals surface area contributed by atoms with E-state index in [1.54, 1.807) is 14.2 Å². The molecule has 0 saturated heterocycles. The van der Waals surface area contributed by atoms with Crippen LogP contribution in [0.15, 0.2) is 18.2 Å². The summed E-state index contributed by atoms with van der Waals surface area (Å²) in [5.74, 6) is 1.34. The highest BCUT2D eigenvalue weighted by molar-refractivity contribution is 5.79. The topological polar surface area (TPSA) is 73.6 Å². The summed E-state index contributed by atoms with van der Waals surface area (Å²) in [6.45, 7) is 0.475. The Morgan fingerprint density at radius 1 is 1.30 bits per heavy atom. The average molecular weight is 278 g/mol. The molecule has 0 spiro atoms. The Kier molecular flexibility index (Phi) is 4.84. The maximum absolute atomic E-state index is 12.1. The second-order valence-electron chi connectivity index (χ2n) is 5.11. The van der Waals surface area contributed by atoms with Gasteiger partial charge in [0, 0.05) is 12.6 Å². The number of benzene rings is 1. The van der Waals surface area contributed by atoms with Crippen LogP contribution in [0, 0.1) is 5.92 Å². The average Bonchev–Trinajstić information content (AvgIpc) is 2.90. The number of nitrogens with two attached hydrogens (primary N) is 1. The van der Waals surface area contributed by atoms with Crippen molar-refractivity contribution in [2.75, 3.05) is 14.2 Å². The third-order valence-corrected chi connectivity index (χ3v) is 3.82. The zero-order valence-corrected chi connectivity index (χ0v) is 12.0. The molecule has 3 N–H and O–H groups in total. The number of rotatable bonds is 5. The van der Waals surface area contributed by atoms with Crippen molar-refractivity contribution in [3.63, 3.8) is 0 Å². The van der Waals surface area contributed by atoms with E-state index in [4.69, 9.17) is 15.2 Å². The van der Waals surface area contributed by atoms with E-state index in [1.807, 2.05) is 18.2 Å². The van der Waals surface area contributed by atoms with Gasteiger partial charge in [0.25, 0.3) is 0 Å². The molecular formula is C15H22N2O3. The van der Waals surface area contributed by atoms with Crippen LogP contribution in [0.2, 0.25) is 0 Å². The Bertz CT molecular complexity index is 476. The molecule has 0 heterocycles. The van der Waals surface area contributed by atoms with Gasteiger partial charge in [0.2, 0.25) is 5.91 Å². The Labute approximate surface area is 119 Å². The molecule has 0 bridgehead atoms. The summed E-state index contributed by atoms with van der Waals surface area (Å²) in [4.78, 5) is 12.1. The van der Waals surface area contributed by atoms with E-state index in [-0.39, 0.29) is 17.9 Å². The van der Waals surface area contributed by atoms with Crippen molar-refractivity contribution < 1.29 is 14.3 Å². The highest BCUT2D eigenvalue weighted by Crippen LogP contribution is 2.28. The highest BCUT2D eigenvalue weighted by atomic mass is 16.5. The monoisotopic (exact) mass is 278 g/mol. The van der Waals surface area contributed by atoms with E-state index in [0.717, 1.165) is 24.8 Å². The summed E-state index contributed by atoms with van der Waals surface area (Å²) in [5, 5.41) is 2.94. The van der Waals surface area contributed by atoms with Crippen molar-refractivity contribution in [3.8, 4) is 11.5 Å². The number of ether oxygens (including phenoxy) is 2. The predicted molar refractivity (Wildman–Crippen MR) is 76.7 cm³/mol. The van der Waals surface area contributed by atoms with Crippen molar-refractivity contribution in [1.82, 2.24) is 5.32 Å². The molecule has 1 aliphatic rings. The smallest absolute Gasteiger partial charge is 0.224 e. The molecule has 2 atom stereocenters. The number of methoxy groups -OCH3 is 2. The van der Waals surface area contributed by atoms with E-state index in [1.165, 1.54) is 0 Å². The molecule has 1 aliphatic carbocycles. The van der Waals surface area contributed by atoms with Gasteiger partial charge in [-0.05, 0) is 30.5 Å². The normalized spacial score (nSPS) is 21.6. The first-order chi connectivity index (χ1) is 9.65. The Morgan fingerprint density at radius 3 is 2.65 bits per heavy atom. The van der Waals surface area contributed by atoms with Crippen LogP contribution in [0.1, 0.15) is 24.8 Å². The molecule has 5 nitrogen and oxygen atoms in total. The molecule has 5 heteroatoms. The van der Waals surface area contributed by atoms with Gasteiger partial charge in [-0.2, -0.15) is 0 Å². The highest BCUT2D eigenvalue weighted by Gasteiger charge is 2.29. The Morgan fingerprint density at radius 2 is 2.05 bits per heavy atom. The molecule has 2 rings (SSSR count). The second-order valence-corrected chi connectivity index (χ2v) is 5.11. The summed E-state index contributed by atoms with van der Waals surface area (Å²) in [5.41, 5.74) is 6.91. The molecule has 1 fully saturated rings. The standard InChI is InChI=1S/C15H22N2O3/c1-19-13-7-6-10(8-14(13)20-2)9-17-15(18)11-4-3-5-12(11)16/h6-8,11-12H,3-5,9,16H2,1-2H3,(H,17,18). The van der Waals surface area contributed by atoms with Gasteiger partial charge >= 0.3 is 0 Å². The van der Waals surface area contributed by atoms with Gasteiger partial charge in [0.1, 0.15) is 0 Å². The fourth-order valence-corrected chi connectivity index (χ4v) is 2.63. The van der Waals surface area contributed by atoms with Crippen molar-refractivity contribution >= 4 is 5.91 Å². The van der Waals surface area contributed by atoms with Crippen molar-refractivity contribution in [1.29, 1.82) is 0 Å². The van der Waals surface area contributed by atoms with Crippen LogP contribution in [0.25, 0.3) is 0 Å². The third kappa shape index (κ3) is 3.22. The van der Waals surface area contributed by atoms with Gasteiger partial charge in [-0.25, -0.2) is 0 Å². The van der Waals surface area contributed by atoms with E-state index in [2.05, 4.69) is 5.32 Å². The molecule has 0 aliphatic heterocycles. The first kappa shape index (κ1) is 14.7. The van der Waals surface area contributed by atoms with E-state index in [9.17, 15) is 4.79 Å². The first-order valence-electron chi connectivity index (χ1n) is 6.90. The van der Waals surface area contributed by atoms with Crippen LogP contribution < -0.4 is 20.5 Å². The minimum absolute atomic E-state index is 0.000374. The SMILES string of the molecule is COc1ccc(CNC(=O)C2CCCC2N)cc1OC. The molecule has 2 unspecified atom stereocenters. The summed E-state index contributed by atoms with van der Waals surface area (Å²) in [6, 6.07) is 5.62. The minimum Gasteiger partial charge on any atom is -0.493 e. The van der Waals surface area contributed by atoms with Crippen LogP contribution >= 0.6 is 0 Å². The number of carbonyl (C=O) groups is 1. The van der Waals surface area contributed by atoms with Gasteiger partial charge in [-0.15, -0.1) is 0 Å². The molecule has 20 heavy (non-hydrogen) atoms. The third-order valence-electron chi connectivity index (χ3n) is 3.82. The van der Waals surface area contributed by atoms with Crippen molar-refractivity contribution in [3.05, 3.63) is 23.8 Å². The fourth-order valence-electron chi connectivity index (χ4n) is 2.63. The first-order valence-corrected chi connectivity index (χ1v) is 6.90. The van der Waals surface area contributed by atoms with E-state index in [0.29, 0.717) is 18.0 Å². The van der Waals surface area contributed by atoms with Crippen molar-refractivity contribution in [2.24, 2.45) is 11.7 Å². The maximum atomic E-state index is 12.1. The summed E-state index contributed by atoms with van der Waals surface area (Å²) < 4.78 is 10.4. The van der Waals surface area contributed by atoms with Gasteiger partial charge < -0.3 is 20.5 Å². The van der Waals surface area contributed by atoms with E-state index >= 15 is 0 Å². The summed E-state index contributed by atoms with van der Waals surface area (Å²) >= 11 is 0. The zero-order chi connectivity index (χ0) is 14.5.